The summed E-state index contributed by atoms with van der Waals surface area (Å²) in [5.74, 6) is -1.48. The first-order valence-corrected chi connectivity index (χ1v) is 10.8. The highest BCUT2D eigenvalue weighted by atomic mass is 32.1. The molecule has 0 radical (unpaired) electrons. The van der Waals surface area contributed by atoms with Crippen LogP contribution in [0.3, 0.4) is 0 Å². The summed E-state index contributed by atoms with van der Waals surface area (Å²) in [5, 5.41) is 4.64. The number of nitrogens with one attached hydrogen (secondary N) is 1. The molecule has 166 valence electrons. The predicted octanol–water partition coefficient (Wildman–Crippen LogP) is 5.25. The van der Waals surface area contributed by atoms with Crippen LogP contribution in [0.4, 0.5) is 24.5 Å². The first-order valence-electron chi connectivity index (χ1n) is 9.96. The van der Waals surface area contributed by atoms with Gasteiger partial charge < -0.3 is 14.6 Å². The number of anilines is 1. The number of hydrogen-bond donors (Lipinski definition) is 1. The summed E-state index contributed by atoms with van der Waals surface area (Å²) in [7, 11) is 0. The summed E-state index contributed by atoms with van der Waals surface area (Å²) in [6.45, 7) is 0.294. The second kappa shape index (κ2) is 8.59. The van der Waals surface area contributed by atoms with Crippen LogP contribution >= 0.6 is 11.3 Å². The highest BCUT2D eigenvalue weighted by Gasteiger charge is 2.18. The quantitative estimate of drug-likeness (QED) is 0.446. The lowest BCUT2D eigenvalue weighted by Crippen LogP contribution is -2.25. The van der Waals surface area contributed by atoms with Crippen molar-refractivity contribution in [3.8, 4) is 17.0 Å². The fraction of sp³-hybridized carbons (Fsp3) is 0.0833. The van der Waals surface area contributed by atoms with Crippen LogP contribution in [-0.2, 0) is 11.3 Å². The molecule has 1 aliphatic rings. The summed E-state index contributed by atoms with van der Waals surface area (Å²) in [4.78, 5) is 16.6. The number of amides is 1. The van der Waals surface area contributed by atoms with Crippen molar-refractivity contribution in [2.75, 3.05) is 11.9 Å². The van der Waals surface area contributed by atoms with E-state index in [0.29, 0.717) is 22.8 Å². The van der Waals surface area contributed by atoms with Crippen molar-refractivity contribution >= 4 is 28.6 Å². The van der Waals surface area contributed by atoms with Crippen LogP contribution in [0.25, 0.3) is 11.3 Å². The van der Waals surface area contributed by atoms with Crippen LogP contribution in [0.5, 0.6) is 5.75 Å². The molecular weight excluding hydrogens is 451 g/mol. The second-order valence-electron chi connectivity index (χ2n) is 7.37. The number of ether oxygens (including phenoxy) is 1. The zero-order valence-electron chi connectivity index (χ0n) is 17.0. The van der Waals surface area contributed by atoms with Crippen molar-refractivity contribution in [2.24, 2.45) is 4.99 Å². The highest BCUT2D eigenvalue weighted by Crippen LogP contribution is 2.33. The molecular formula is C24H16F3N3O2S. The van der Waals surface area contributed by atoms with Gasteiger partial charge in [0.1, 0.15) is 23.1 Å². The molecule has 0 unspecified atom stereocenters. The van der Waals surface area contributed by atoms with Crippen molar-refractivity contribution in [3.05, 3.63) is 93.9 Å². The topological polar surface area (TPSA) is 55.6 Å². The van der Waals surface area contributed by atoms with Gasteiger partial charge in [-0.15, -0.1) is 11.3 Å². The number of nitrogens with zero attached hydrogens (tertiary/aromatic N) is 2. The number of fused-ring (bicyclic) bond motifs is 1. The summed E-state index contributed by atoms with van der Waals surface area (Å²) in [6.07, 6.45) is 0. The van der Waals surface area contributed by atoms with Gasteiger partial charge in [0.05, 0.1) is 17.9 Å². The van der Waals surface area contributed by atoms with Crippen molar-refractivity contribution in [3.63, 3.8) is 0 Å². The number of carbonyl (C=O) groups is 1. The smallest absolute Gasteiger partial charge is 0.262 e. The minimum atomic E-state index is -0.771. The van der Waals surface area contributed by atoms with E-state index in [2.05, 4.69) is 10.3 Å². The lowest BCUT2D eigenvalue weighted by Gasteiger charge is -2.19. The van der Waals surface area contributed by atoms with Crippen molar-refractivity contribution in [1.82, 2.24) is 4.57 Å². The van der Waals surface area contributed by atoms with Gasteiger partial charge in [-0.25, -0.2) is 18.2 Å². The fourth-order valence-electron chi connectivity index (χ4n) is 3.49. The zero-order valence-corrected chi connectivity index (χ0v) is 17.8. The Bertz CT molecular complexity index is 1430. The molecule has 0 aliphatic carbocycles. The monoisotopic (exact) mass is 467 g/mol. The number of rotatable bonds is 4. The Kier molecular flexibility index (Phi) is 5.47. The lowest BCUT2D eigenvalue weighted by molar-refractivity contribution is -0.118. The maximum Gasteiger partial charge on any atom is 0.262 e. The molecule has 5 nitrogen and oxygen atoms in total. The zero-order chi connectivity index (χ0) is 22.9. The van der Waals surface area contributed by atoms with Crippen molar-refractivity contribution in [2.45, 2.75) is 6.54 Å². The Labute approximate surface area is 190 Å². The van der Waals surface area contributed by atoms with Gasteiger partial charge >= 0.3 is 0 Å². The van der Waals surface area contributed by atoms with E-state index in [0.717, 1.165) is 29.0 Å². The minimum Gasteiger partial charge on any atom is -0.482 e. The summed E-state index contributed by atoms with van der Waals surface area (Å²) in [5.41, 5.74) is 2.90. The van der Waals surface area contributed by atoms with Crippen LogP contribution in [-0.4, -0.2) is 17.1 Å². The van der Waals surface area contributed by atoms with E-state index >= 15 is 0 Å². The number of thiazole rings is 1. The molecule has 1 aromatic heterocycles. The van der Waals surface area contributed by atoms with Crippen molar-refractivity contribution in [1.29, 1.82) is 0 Å². The molecule has 5 rings (SSSR count). The van der Waals surface area contributed by atoms with Crippen LogP contribution < -0.4 is 14.9 Å². The molecule has 33 heavy (non-hydrogen) atoms. The summed E-state index contributed by atoms with van der Waals surface area (Å²) >= 11 is 1.28. The SMILES string of the molecule is O=C1COc2ccc(-c3csc(=Nc4ccc(F)cc4F)n3Cc3ccc(F)cc3)cc2N1. The standard InChI is InChI=1S/C24H16F3N3O2S/c25-16-4-1-14(2-5-16)11-30-21(15-3-8-22-20(9-15)28-23(31)12-32-22)13-33-24(30)29-19-7-6-17(26)10-18(19)27/h1-10,13H,11-12H2,(H,28,31). The van der Waals surface area contributed by atoms with Gasteiger partial charge in [-0.3, -0.25) is 4.79 Å². The first kappa shape index (κ1) is 21.0. The molecule has 0 spiro atoms. The molecule has 0 fully saturated rings. The lowest BCUT2D eigenvalue weighted by atomic mass is 10.1. The largest absolute Gasteiger partial charge is 0.482 e. The number of carbonyl (C=O) groups excluding carboxylic acids is 1. The molecule has 1 aliphatic heterocycles. The third-order valence-corrected chi connectivity index (χ3v) is 5.95. The molecule has 0 saturated heterocycles. The van der Waals surface area contributed by atoms with E-state index in [1.807, 2.05) is 16.0 Å². The molecule has 4 aromatic rings. The second-order valence-corrected chi connectivity index (χ2v) is 8.21. The van der Waals surface area contributed by atoms with E-state index in [9.17, 15) is 18.0 Å². The van der Waals surface area contributed by atoms with Gasteiger partial charge in [0.15, 0.2) is 17.2 Å². The normalized spacial score (nSPS) is 13.4. The summed E-state index contributed by atoms with van der Waals surface area (Å²) in [6, 6.07) is 14.7. The third kappa shape index (κ3) is 4.40. The van der Waals surface area contributed by atoms with Crippen LogP contribution in [0.1, 0.15) is 5.56 Å². The van der Waals surface area contributed by atoms with E-state index < -0.39 is 11.6 Å². The predicted molar refractivity (Wildman–Crippen MR) is 119 cm³/mol. The molecule has 0 saturated carbocycles. The fourth-order valence-corrected chi connectivity index (χ4v) is 4.41. The number of hydrogen-bond acceptors (Lipinski definition) is 4. The number of benzene rings is 3. The van der Waals surface area contributed by atoms with E-state index in [1.165, 1.54) is 29.5 Å². The van der Waals surface area contributed by atoms with Gasteiger partial charge in [-0.2, -0.15) is 0 Å². The number of halogens is 3. The maximum absolute atomic E-state index is 14.3. The van der Waals surface area contributed by atoms with E-state index in [-0.39, 0.29) is 24.0 Å². The van der Waals surface area contributed by atoms with Gasteiger partial charge in [0, 0.05) is 17.0 Å². The molecule has 2 heterocycles. The van der Waals surface area contributed by atoms with Gasteiger partial charge in [0.25, 0.3) is 5.91 Å². The van der Waals surface area contributed by atoms with Crippen molar-refractivity contribution < 1.29 is 22.7 Å². The van der Waals surface area contributed by atoms with Gasteiger partial charge in [-0.05, 0) is 48.0 Å². The van der Waals surface area contributed by atoms with Gasteiger partial charge in [0.2, 0.25) is 0 Å². The molecule has 9 heteroatoms. The van der Waals surface area contributed by atoms with Crippen LogP contribution in [0.15, 0.2) is 71.0 Å². The molecule has 1 N–H and O–H groups in total. The Balaban J connectivity index is 1.64. The summed E-state index contributed by atoms with van der Waals surface area (Å²) < 4.78 is 48.3. The highest BCUT2D eigenvalue weighted by molar-refractivity contribution is 7.07. The van der Waals surface area contributed by atoms with Gasteiger partial charge in [-0.1, -0.05) is 12.1 Å². The molecule has 0 atom stereocenters. The molecule has 3 aromatic carbocycles. The average molecular weight is 467 g/mol. The van der Waals surface area contributed by atoms with E-state index in [4.69, 9.17) is 4.74 Å². The minimum absolute atomic E-state index is 0.00348. The molecule has 1 amide bonds. The first-order chi connectivity index (χ1) is 16.0. The Morgan fingerprint density at radius 2 is 1.79 bits per heavy atom. The van der Waals surface area contributed by atoms with Crippen LogP contribution in [0.2, 0.25) is 0 Å². The van der Waals surface area contributed by atoms with Crippen LogP contribution in [0, 0.1) is 17.5 Å². The average Bonchev–Trinajstić information content (AvgIpc) is 3.18. The third-order valence-electron chi connectivity index (χ3n) is 5.09. The van der Waals surface area contributed by atoms with E-state index in [1.54, 1.807) is 24.3 Å². The maximum atomic E-state index is 14.3. The number of aromatic nitrogens is 1. The molecule has 0 bridgehead atoms. The Hall–Kier alpha value is -3.85. The Morgan fingerprint density at radius 1 is 1.00 bits per heavy atom. The Morgan fingerprint density at radius 3 is 2.58 bits per heavy atom.